The number of imidazole rings is 1. The predicted octanol–water partition coefficient (Wildman–Crippen LogP) is 1.90. The van der Waals surface area contributed by atoms with E-state index in [0.717, 1.165) is 18.5 Å². The lowest BCUT2D eigenvalue weighted by Gasteiger charge is -2.30. The third-order valence-corrected chi connectivity index (χ3v) is 4.11. The predicted molar refractivity (Wildman–Crippen MR) is 72.9 cm³/mol. The van der Waals surface area contributed by atoms with Gasteiger partial charge in [0.2, 0.25) is 0 Å². The van der Waals surface area contributed by atoms with Crippen molar-refractivity contribution < 1.29 is 18.7 Å². The number of halogens is 2. The van der Waals surface area contributed by atoms with Gasteiger partial charge in [-0.2, -0.15) is 8.78 Å². The molecule has 2 aromatic rings. The number of nitrogens with one attached hydrogen (secondary N) is 1. The van der Waals surface area contributed by atoms with Crippen molar-refractivity contribution in [3.63, 3.8) is 0 Å². The van der Waals surface area contributed by atoms with Crippen LogP contribution >= 0.6 is 0 Å². The van der Waals surface area contributed by atoms with Gasteiger partial charge < -0.3 is 15.0 Å². The zero-order valence-electron chi connectivity index (χ0n) is 11.5. The van der Waals surface area contributed by atoms with Gasteiger partial charge in [0.1, 0.15) is 0 Å². The average Bonchev–Trinajstić information content (AvgIpc) is 3.22. The topological polar surface area (TPSA) is 67.2 Å². The lowest BCUT2D eigenvalue weighted by atomic mass is 9.95. The first-order valence-electron chi connectivity index (χ1n) is 7.02. The van der Waals surface area contributed by atoms with Gasteiger partial charge >= 0.3 is 5.92 Å². The van der Waals surface area contributed by atoms with E-state index < -0.39 is 23.6 Å². The van der Waals surface area contributed by atoms with Crippen molar-refractivity contribution in [2.75, 3.05) is 0 Å². The molecule has 22 heavy (non-hydrogen) atoms. The Morgan fingerprint density at radius 3 is 2.86 bits per heavy atom. The Hall–Kier alpha value is -2.28. The van der Waals surface area contributed by atoms with Gasteiger partial charge in [-0.3, -0.25) is 4.79 Å². The van der Waals surface area contributed by atoms with Gasteiger partial charge in [0.05, 0.1) is 17.6 Å². The maximum absolute atomic E-state index is 13.9. The summed E-state index contributed by atoms with van der Waals surface area (Å²) in [5, 5.41) is 11.2. The molecule has 0 saturated heterocycles. The van der Waals surface area contributed by atoms with E-state index in [1.165, 1.54) is 18.2 Å². The number of hydrogen-bond donors (Lipinski definition) is 2. The first kappa shape index (κ1) is 13.4. The van der Waals surface area contributed by atoms with Gasteiger partial charge in [0, 0.05) is 23.4 Å². The highest BCUT2D eigenvalue weighted by Gasteiger charge is 2.47. The van der Waals surface area contributed by atoms with Crippen LogP contribution < -0.4 is 5.32 Å². The minimum absolute atomic E-state index is 0.130. The van der Waals surface area contributed by atoms with Gasteiger partial charge in [-0.05, 0) is 31.0 Å². The first-order valence-corrected chi connectivity index (χ1v) is 7.02. The van der Waals surface area contributed by atoms with Crippen LogP contribution in [0.15, 0.2) is 30.7 Å². The Bertz CT molecular complexity index is 768. The molecule has 0 bridgehead atoms. The van der Waals surface area contributed by atoms with Crippen LogP contribution in [0.4, 0.5) is 8.78 Å². The molecule has 114 valence electrons. The van der Waals surface area contributed by atoms with Gasteiger partial charge in [0.25, 0.3) is 5.91 Å². The zero-order valence-corrected chi connectivity index (χ0v) is 11.5. The van der Waals surface area contributed by atoms with Crippen molar-refractivity contribution in [2.24, 2.45) is 0 Å². The highest BCUT2D eigenvalue weighted by molar-refractivity contribution is 5.98. The summed E-state index contributed by atoms with van der Waals surface area (Å²) in [5.41, 5.74) is 0.966. The fraction of sp³-hybridized carbons (Fsp3) is 0.333. The van der Waals surface area contributed by atoms with Gasteiger partial charge in [-0.15, -0.1) is 0 Å². The third kappa shape index (κ3) is 1.93. The van der Waals surface area contributed by atoms with Crippen molar-refractivity contribution in [1.82, 2.24) is 14.9 Å². The van der Waals surface area contributed by atoms with E-state index in [-0.39, 0.29) is 5.56 Å². The lowest BCUT2D eigenvalue weighted by Crippen LogP contribution is -2.51. The molecule has 7 heteroatoms. The molecule has 1 saturated carbocycles. The number of alkyl halides is 2. The fourth-order valence-corrected chi connectivity index (χ4v) is 2.68. The second kappa shape index (κ2) is 4.36. The number of rotatable bonds is 2. The minimum Gasteiger partial charge on any atom is -0.368 e. The van der Waals surface area contributed by atoms with E-state index in [0.29, 0.717) is 11.6 Å². The van der Waals surface area contributed by atoms with Crippen LogP contribution in [0.2, 0.25) is 0 Å². The number of fused-ring (bicyclic) bond motifs is 1. The van der Waals surface area contributed by atoms with Gasteiger partial charge in [-0.1, -0.05) is 0 Å². The van der Waals surface area contributed by atoms with Crippen molar-refractivity contribution in [3.05, 3.63) is 47.5 Å². The van der Waals surface area contributed by atoms with Crippen molar-refractivity contribution in [1.29, 1.82) is 0 Å². The van der Waals surface area contributed by atoms with E-state index in [4.69, 9.17) is 0 Å². The molecule has 0 spiro atoms. The number of aliphatic hydroxyl groups excluding tert-OH is 1. The Morgan fingerprint density at radius 2 is 2.14 bits per heavy atom. The van der Waals surface area contributed by atoms with E-state index in [9.17, 15) is 18.7 Å². The number of aliphatic hydroxyl groups is 1. The summed E-state index contributed by atoms with van der Waals surface area (Å²) in [6.45, 7) is 0. The van der Waals surface area contributed by atoms with Crippen molar-refractivity contribution in [2.45, 2.75) is 30.9 Å². The summed E-state index contributed by atoms with van der Waals surface area (Å²) in [4.78, 5) is 16.2. The number of aromatic nitrogens is 2. The molecule has 1 aromatic heterocycles. The standard InChI is InChI=1S/C15H13F2N3O2/c16-15(17)11-4-3-9(5-10(11)13(21)19-14(15)22)20-6-12(18-7-20)8-1-2-8/h3-8,14,22H,1-2H2,(H,19,21). The van der Waals surface area contributed by atoms with E-state index >= 15 is 0 Å². The van der Waals surface area contributed by atoms with Crippen molar-refractivity contribution in [3.8, 4) is 5.69 Å². The molecule has 4 rings (SSSR count). The van der Waals surface area contributed by atoms with Crippen LogP contribution in [0, 0.1) is 0 Å². The molecule has 1 atom stereocenters. The number of amides is 1. The number of nitrogens with zero attached hydrogens (tertiary/aromatic N) is 2. The summed E-state index contributed by atoms with van der Waals surface area (Å²) < 4.78 is 29.6. The average molecular weight is 305 g/mol. The van der Waals surface area contributed by atoms with Crippen LogP contribution in [0.3, 0.4) is 0 Å². The Morgan fingerprint density at radius 1 is 1.36 bits per heavy atom. The molecule has 1 fully saturated rings. The molecule has 1 aromatic carbocycles. The molecule has 0 radical (unpaired) electrons. The molecule has 2 aliphatic rings. The molecule has 2 N–H and O–H groups in total. The quantitative estimate of drug-likeness (QED) is 0.890. The highest BCUT2D eigenvalue weighted by Crippen LogP contribution is 2.40. The summed E-state index contributed by atoms with van der Waals surface area (Å²) >= 11 is 0. The monoisotopic (exact) mass is 305 g/mol. The zero-order chi connectivity index (χ0) is 15.5. The molecular weight excluding hydrogens is 292 g/mol. The normalized spacial score (nSPS) is 23.0. The summed E-state index contributed by atoms with van der Waals surface area (Å²) in [7, 11) is 0. The SMILES string of the molecule is O=C1NC(O)C(F)(F)c2ccc(-n3cnc(C4CC4)c3)cc21. The largest absolute Gasteiger partial charge is 0.368 e. The summed E-state index contributed by atoms with van der Waals surface area (Å²) in [6.07, 6.45) is 3.51. The fourth-order valence-electron chi connectivity index (χ4n) is 2.68. The molecular formula is C15H13F2N3O2. The van der Waals surface area contributed by atoms with E-state index in [1.807, 2.05) is 11.5 Å². The molecule has 1 aliphatic heterocycles. The molecule has 2 heterocycles. The molecule has 1 amide bonds. The van der Waals surface area contributed by atoms with Crippen LogP contribution in [-0.4, -0.2) is 26.8 Å². The molecule has 1 unspecified atom stereocenters. The Kier molecular flexibility index (Phi) is 2.65. The molecule has 1 aliphatic carbocycles. The van der Waals surface area contributed by atoms with Crippen LogP contribution in [-0.2, 0) is 5.92 Å². The van der Waals surface area contributed by atoms with Crippen LogP contribution in [0.5, 0.6) is 0 Å². The van der Waals surface area contributed by atoms with Gasteiger partial charge in [-0.25, -0.2) is 4.98 Å². The van der Waals surface area contributed by atoms with E-state index in [2.05, 4.69) is 4.98 Å². The first-order chi connectivity index (χ1) is 10.5. The van der Waals surface area contributed by atoms with Crippen molar-refractivity contribution >= 4 is 5.91 Å². The summed E-state index contributed by atoms with van der Waals surface area (Å²) in [6, 6.07) is 4.07. The highest BCUT2D eigenvalue weighted by atomic mass is 19.3. The number of benzene rings is 1. The van der Waals surface area contributed by atoms with Gasteiger partial charge in [0.15, 0.2) is 6.23 Å². The third-order valence-electron chi connectivity index (χ3n) is 4.11. The lowest BCUT2D eigenvalue weighted by molar-refractivity contribution is -0.128. The smallest absolute Gasteiger partial charge is 0.317 e. The second-order valence-corrected chi connectivity index (χ2v) is 5.71. The Labute approximate surface area is 124 Å². The number of hydrogen-bond acceptors (Lipinski definition) is 3. The summed E-state index contributed by atoms with van der Waals surface area (Å²) in [5.74, 6) is -3.73. The number of carbonyl (C=O) groups is 1. The maximum Gasteiger partial charge on any atom is 0.317 e. The minimum atomic E-state index is -3.50. The van der Waals surface area contributed by atoms with Crippen LogP contribution in [0.1, 0.15) is 40.4 Å². The molecule has 5 nitrogen and oxygen atoms in total. The van der Waals surface area contributed by atoms with E-state index in [1.54, 1.807) is 10.9 Å². The number of carbonyl (C=O) groups excluding carboxylic acids is 1. The maximum atomic E-state index is 13.9. The Balaban J connectivity index is 1.77. The second-order valence-electron chi connectivity index (χ2n) is 5.71. The van der Waals surface area contributed by atoms with Crippen LogP contribution in [0.25, 0.3) is 5.69 Å².